The molecule has 0 radical (unpaired) electrons. The van der Waals surface area contributed by atoms with Crippen molar-refractivity contribution < 1.29 is 34.1 Å². The Bertz CT molecular complexity index is 1690. The molecule has 1 fully saturated rings. The third-order valence-electron chi connectivity index (χ3n) is 6.27. The number of nitrogens with zero attached hydrogens (tertiary/aromatic N) is 2. The summed E-state index contributed by atoms with van der Waals surface area (Å²) in [6.07, 6.45) is 0. The molecule has 12 heteroatoms. The van der Waals surface area contributed by atoms with Gasteiger partial charge in [-0.1, -0.05) is 35.3 Å². The summed E-state index contributed by atoms with van der Waals surface area (Å²) in [6.45, 7) is 0. The molecule has 0 spiro atoms. The highest BCUT2D eigenvalue weighted by atomic mass is 35.5. The van der Waals surface area contributed by atoms with Gasteiger partial charge in [0.2, 0.25) is 5.95 Å². The fraction of sp³-hybridized carbons (Fsp3) is 0.111. The van der Waals surface area contributed by atoms with Crippen molar-refractivity contribution in [3.8, 4) is 11.5 Å². The molecular weight excluding hydrogens is 549 g/mol. The number of ketones is 1. The number of carboxylic acids is 1. The van der Waals surface area contributed by atoms with Crippen molar-refractivity contribution >= 4 is 63.6 Å². The van der Waals surface area contributed by atoms with E-state index < -0.39 is 29.5 Å². The number of ether oxygens (including phenoxy) is 2. The van der Waals surface area contributed by atoms with Crippen LogP contribution in [0.25, 0.3) is 16.8 Å². The molecule has 198 valence electrons. The second-order valence-electron chi connectivity index (χ2n) is 8.52. The fourth-order valence-electron chi connectivity index (χ4n) is 4.47. The molecule has 3 aromatic carbocycles. The Balaban J connectivity index is 1.74. The second kappa shape index (κ2) is 9.97. The number of hydrogen-bond donors (Lipinski definition) is 3. The summed E-state index contributed by atoms with van der Waals surface area (Å²) < 4.78 is 10.5. The number of aromatic carboxylic acids is 1. The number of carboxylic acid groups (broad SMARTS) is 1. The van der Waals surface area contributed by atoms with E-state index in [1.54, 1.807) is 24.3 Å². The van der Waals surface area contributed by atoms with Gasteiger partial charge in [-0.15, -0.1) is 0 Å². The molecule has 39 heavy (non-hydrogen) atoms. The number of H-pyrrole nitrogens is 1. The molecule has 2 heterocycles. The predicted octanol–water partition coefficient (Wildman–Crippen LogP) is 5.21. The van der Waals surface area contributed by atoms with Crippen molar-refractivity contribution in [1.29, 1.82) is 0 Å². The van der Waals surface area contributed by atoms with E-state index in [4.69, 9.17) is 32.7 Å². The highest BCUT2D eigenvalue weighted by molar-refractivity contribution is 6.51. The van der Waals surface area contributed by atoms with Crippen LogP contribution in [0, 0.1) is 0 Å². The molecule has 0 bridgehead atoms. The van der Waals surface area contributed by atoms with Crippen molar-refractivity contribution in [2.75, 3.05) is 19.1 Å². The number of halogens is 2. The van der Waals surface area contributed by atoms with Gasteiger partial charge >= 0.3 is 11.9 Å². The van der Waals surface area contributed by atoms with Crippen molar-refractivity contribution in [2.45, 2.75) is 6.04 Å². The summed E-state index contributed by atoms with van der Waals surface area (Å²) in [7, 11) is 2.85. The Morgan fingerprint density at radius 2 is 1.69 bits per heavy atom. The molecule has 0 saturated carbocycles. The lowest BCUT2D eigenvalue weighted by Crippen LogP contribution is -2.30. The SMILES string of the molecule is COc1cccc(C2/C(=C(\O)c3cc(Cl)c(OC)c(Cl)c3)C(=O)C(=O)N2c2nc3ccc(C(=O)O)cc3[nH]2)c1. The van der Waals surface area contributed by atoms with Gasteiger partial charge < -0.3 is 24.7 Å². The fourth-order valence-corrected chi connectivity index (χ4v) is 5.11. The number of aliphatic hydroxyl groups excluding tert-OH is 1. The van der Waals surface area contributed by atoms with Crippen LogP contribution in [0.1, 0.15) is 27.5 Å². The normalized spacial score (nSPS) is 16.6. The molecule has 3 N–H and O–H groups in total. The van der Waals surface area contributed by atoms with Crippen LogP contribution >= 0.6 is 23.2 Å². The van der Waals surface area contributed by atoms with Gasteiger partial charge in [0.25, 0.3) is 5.78 Å². The maximum absolute atomic E-state index is 13.5. The van der Waals surface area contributed by atoms with E-state index in [0.717, 1.165) is 4.90 Å². The lowest BCUT2D eigenvalue weighted by Gasteiger charge is -2.23. The number of Topliss-reactive ketones (excluding diaryl/α,β-unsaturated/α-hetero) is 1. The summed E-state index contributed by atoms with van der Waals surface area (Å²) in [5.41, 5.74) is 1.01. The molecule has 5 rings (SSSR count). The van der Waals surface area contributed by atoms with E-state index in [-0.39, 0.29) is 38.4 Å². The first-order valence-electron chi connectivity index (χ1n) is 11.4. The minimum Gasteiger partial charge on any atom is -0.507 e. The zero-order chi connectivity index (χ0) is 28.0. The van der Waals surface area contributed by atoms with Crippen molar-refractivity contribution in [1.82, 2.24) is 9.97 Å². The van der Waals surface area contributed by atoms with Crippen LogP contribution in [0.5, 0.6) is 11.5 Å². The van der Waals surface area contributed by atoms with E-state index in [0.29, 0.717) is 22.3 Å². The molecule has 1 unspecified atom stereocenters. The van der Waals surface area contributed by atoms with Crippen LogP contribution < -0.4 is 14.4 Å². The van der Waals surface area contributed by atoms with Crippen LogP contribution in [-0.2, 0) is 9.59 Å². The van der Waals surface area contributed by atoms with E-state index >= 15 is 0 Å². The van der Waals surface area contributed by atoms with Crippen LogP contribution in [0.2, 0.25) is 10.0 Å². The van der Waals surface area contributed by atoms with Gasteiger partial charge in [-0.3, -0.25) is 14.5 Å². The summed E-state index contributed by atoms with van der Waals surface area (Å²) in [5, 5.41) is 20.9. The predicted molar refractivity (Wildman–Crippen MR) is 144 cm³/mol. The Labute approximate surface area is 231 Å². The molecule has 0 aliphatic carbocycles. The maximum Gasteiger partial charge on any atom is 0.335 e. The number of benzene rings is 3. The highest BCUT2D eigenvalue weighted by Gasteiger charge is 2.48. The quantitative estimate of drug-likeness (QED) is 0.164. The first kappa shape index (κ1) is 26.1. The number of imidazole rings is 1. The number of aliphatic hydroxyl groups is 1. The third-order valence-corrected chi connectivity index (χ3v) is 6.84. The number of carbonyl (C=O) groups excluding carboxylic acids is 2. The number of aromatic nitrogens is 2. The van der Waals surface area contributed by atoms with Crippen LogP contribution in [-0.4, -0.2) is 52.1 Å². The van der Waals surface area contributed by atoms with Gasteiger partial charge in [0, 0.05) is 5.56 Å². The van der Waals surface area contributed by atoms with Crippen LogP contribution in [0.15, 0.2) is 60.2 Å². The van der Waals surface area contributed by atoms with Gasteiger partial charge in [-0.2, -0.15) is 0 Å². The first-order valence-corrected chi connectivity index (χ1v) is 12.1. The van der Waals surface area contributed by atoms with Crippen molar-refractivity contribution in [2.24, 2.45) is 0 Å². The largest absolute Gasteiger partial charge is 0.507 e. The number of fused-ring (bicyclic) bond motifs is 1. The van der Waals surface area contributed by atoms with Crippen molar-refractivity contribution in [3.05, 3.63) is 86.9 Å². The molecule has 1 saturated heterocycles. The van der Waals surface area contributed by atoms with Gasteiger partial charge in [0.05, 0.1) is 52.5 Å². The number of rotatable bonds is 6. The Morgan fingerprint density at radius 1 is 0.974 bits per heavy atom. The Hall–Kier alpha value is -4.54. The third kappa shape index (κ3) is 4.43. The van der Waals surface area contributed by atoms with Crippen LogP contribution in [0.4, 0.5) is 5.95 Å². The minimum atomic E-state index is -1.14. The van der Waals surface area contributed by atoms with Gasteiger partial charge in [0.1, 0.15) is 11.5 Å². The molecule has 1 aliphatic heterocycles. The zero-order valence-corrected chi connectivity index (χ0v) is 21.9. The van der Waals surface area contributed by atoms with E-state index in [2.05, 4.69) is 9.97 Å². The molecule has 1 aromatic heterocycles. The average molecular weight is 568 g/mol. The van der Waals surface area contributed by atoms with Gasteiger partial charge in [0.15, 0.2) is 5.75 Å². The van der Waals surface area contributed by atoms with E-state index in [9.17, 15) is 24.6 Å². The molecule has 1 aliphatic rings. The van der Waals surface area contributed by atoms with Crippen molar-refractivity contribution in [3.63, 3.8) is 0 Å². The number of hydrogen-bond acceptors (Lipinski definition) is 7. The van der Waals surface area contributed by atoms with E-state index in [1.807, 2.05) is 0 Å². The lowest BCUT2D eigenvalue weighted by atomic mass is 9.95. The summed E-state index contributed by atoms with van der Waals surface area (Å²) >= 11 is 12.5. The molecule has 10 nitrogen and oxygen atoms in total. The molecule has 4 aromatic rings. The number of nitrogens with one attached hydrogen (secondary N) is 1. The first-order chi connectivity index (χ1) is 18.6. The standard InChI is InChI=1S/C27H19Cl2N3O7/c1-38-15-5-3-4-12(8-15)21-20(22(33)14-9-16(28)24(39-2)17(29)10-14)23(34)25(35)32(21)27-30-18-7-6-13(26(36)37)11-19(18)31-27/h3-11,21,33H,1-2H3,(H,30,31)(H,36,37)/b22-20+. The van der Waals surface area contributed by atoms with Gasteiger partial charge in [-0.05, 0) is 48.0 Å². The number of anilines is 1. The topological polar surface area (TPSA) is 142 Å². The smallest absolute Gasteiger partial charge is 0.335 e. The highest BCUT2D eigenvalue weighted by Crippen LogP contribution is 2.44. The Morgan fingerprint density at radius 3 is 2.33 bits per heavy atom. The number of aromatic amines is 1. The number of amides is 1. The average Bonchev–Trinajstić information content (AvgIpc) is 3.45. The summed E-state index contributed by atoms with van der Waals surface area (Å²) in [5.74, 6) is -2.98. The lowest BCUT2D eigenvalue weighted by molar-refractivity contribution is -0.132. The minimum absolute atomic E-state index is 0.0114. The molecule has 1 amide bonds. The number of carbonyl (C=O) groups is 3. The second-order valence-corrected chi connectivity index (χ2v) is 9.33. The molecular formula is C27H19Cl2N3O7. The summed E-state index contributed by atoms with van der Waals surface area (Å²) in [6, 6.07) is 12.5. The monoisotopic (exact) mass is 567 g/mol. The zero-order valence-electron chi connectivity index (χ0n) is 20.4. The van der Waals surface area contributed by atoms with Gasteiger partial charge in [-0.25, -0.2) is 9.78 Å². The summed E-state index contributed by atoms with van der Waals surface area (Å²) in [4.78, 5) is 46.8. The maximum atomic E-state index is 13.5. The number of methoxy groups -OCH3 is 2. The van der Waals surface area contributed by atoms with E-state index in [1.165, 1.54) is 44.6 Å². The van der Waals surface area contributed by atoms with Crippen LogP contribution in [0.3, 0.4) is 0 Å². The molecule has 1 atom stereocenters. The Kier molecular flexibility index (Phi) is 6.67.